The summed E-state index contributed by atoms with van der Waals surface area (Å²) in [5.74, 6) is 0.633. The first-order valence-corrected chi connectivity index (χ1v) is 4.42. The van der Waals surface area contributed by atoms with Gasteiger partial charge in [-0.1, -0.05) is 11.6 Å². The minimum atomic E-state index is -0.299. The zero-order chi connectivity index (χ0) is 10.4. The van der Waals surface area contributed by atoms with E-state index in [9.17, 15) is 0 Å². The summed E-state index contributed by atoms with van der Waals surface area (Å²) < 4.78 is 9.97. The van der Waals surface area contributed by atoms with Crippen LogP contribution in [0.15, 0.2) is 12.1 Å². The molecule has 0 amide bonds. The van der Waals surface area contributed by atoms with Gasteiger partial charge in [0.05, 0.1) is 6.54 Å². The molecule has 1 N–H and O–H groups in total. The molecule has 1 aromatic rings. The third kappa shape index (κ3) is 3.45. The number of methoxy groups -OCH3 is 2. The molecule has 0 radical (unpaired) electrons. The van der Waals surface area contributed by atoms with E-state index in [0.717, 1.165) is 0 Å². The van der Waals surface area contributed by atoms with Crippen molar-refractivity contribution < 1.29 is 9.47 Å². The summed E-state index contributed by atoms with van der Waals surface area (Å²) in [5, 5.41) is 10.9. The van der Waals surface area contributed by atoms with Gasteiger partial charge in [0.1, 0.15) is 5.82 Å². The fourth-order valence-electron chi connectivity index (χ4n) is 0.861. The lowest BCUT2D eigenvalue weighted by Gasteiger charge is -2.13. The number of anilines is 1. The van der Waals surface area contributed by atoms with Gasteiger partial charge in [0.25, 0.3) is 0 Å². The molecule has 0 aliphatic rings. The molecule has 0 aliphatic carbocycles. The van der Waals surface area contributed by atoms with Gasteiger partial charge in [-0.25, -0.2) is 0 Å². The molecule has 1 heterocycles. The molecule has 0 aromatic carbocycles. The molecule has 5 nitrogen and oxygen atoms in total. The van der Waals surface area contributed by atoms with E-state index in [0.29, 0.717) is 17.5 Å². The molecule has 6 heteroatoms. The van der Waals surface area contributed by atoms with Gasteiger partial charge in [-0.2, -0.15) is 0 Å². The number of rotatable bonds is 5. The molecule has 78 valence electrons. The van der Waals surface area contributed by atoms with Crippen molar-refractivity contribution in [2.24, 2.45) is 0 Å². The summed E-state index contributed by atoms with van der Waals surface area (Å²) in [6, 6.07) is 3.39. The number of hydrogen-bond acceptors (Lipinski definition) is 5. The predicted molar refractivity (Wildman–Crippen MR) is 53.3 cm³/mol. The van der Waals surface area contributed by atoms with Crippen LogP contribution in [0.5, 0.6) is 0 Å². The normalized spacial score (nSPS) is 10.6. The second-order valence-electron chi connectivity index (χ2n) is 2.52. The Kier molecular flexibility index (Phi) is 4.58. The third-order valence-corrected chi connectivity index (χ3v) is 1.81. The Morgan fingerprint density at radius 2 is 2.07 bits per heavy atom. The van der Waals surface area contributed by atoms with Crippen LogP contribution in [0, 0.1) is 0 Å². The van der Waals surface area contributed by atoms with E-state index in [-0.39, 0.29) is 6.29 Å². The molecular formula is C8H12ClN3O2. The van der Waals surface area contributed by atoms with Crippen molar-refractivity contribution in [3.05, 3.63) is 17.3 Å². The number of nitrogens with zero attached hydrogens (tertiary/aromatic N) is 2. The summed E-state index contributed by atoms with van der Waals surface area (Å²) in [4.78, 5) is 0. The number of hydrogen-bond donors (Lipinski definition) is 1. The lowest BCUT2D eigenvalue weighted by molar-refractivity contribution is -0.0914. The van der Waals surface area contributed by atoms with Crippen molar-refractivity contribution in [1.29, 1.82) is 0 Å². The Morgan fingerprint density at radius 1 is 1.36 bits per heavy atom. The fraction of sp³-hybridized carbons (Fsp3) is 0.500. The van der Waals surface area contributed by atoms with Crippen molar-refractivity contribution >= 4 is 17.4 Å². The predicted octanol–water partition coefficient (Wildman–Crippen LogP) is 1.16. The smallest absolute Gasteiger partial charge is 0.173 e. The van der Waals surface area contributed by atoms with Crippen LogP contribution in [0.4, 0.5) is 5.82 Å². The number of nitrogens with one attached hydrogen (secondary N) is 1. The van der Waals surface area contributed by atoms with Gasteiger partial charge in [0.2, 0.25) is 0 Å². The molecule has 0 aliphatic heterocycles. The summed E-state index contributed by atoms with van der Waals surface area (Å²) in [7, 11) is 3.15. The molecule has 1 rings (SSSR count). The standard InChI is InChI=1S/C8H12ClN3O2/c1-13-8(14-2)5-10-7-4-3-6(9)11-12-7/h3-4,8H,5H2,1-2H3,(H,10,12). The highest BCUT2D eigenvalue weighted by Gasteiger charge is 2.04. The van der Waals surface area contributed by atoms with Crippen LogP contribution in [0.3, 0.4) is 0 Å². The molecule has 0 bridgehead atoms. The van der Waals surface area contributed by atoms with Gasteiger partial charge >= 0.3 is 0 Å². The van der Waals surface area contributed by atoms with Crippen LogP contribution in [0.1, 0.15) is 0 Å². The lowest BCUT2D eigenvalue weighted by atomic mass is 10.5. The average Bonchev–Trinajstić information content (AvgIpc) is 2.22. The van der Waals surface area contributed by atoms with Gasteiger partial charge < -0.3 is 14.8 Å². The fourth-order valence-corrected chi connectivity index (χ4v) is 0.962. The average molecular weight is 218 g/mol. The molecule has 14 heavy (non-hydrogen) atoms. The summed E-state index contributed by atoms with van der Waals surface area (Å²) >= 11 is 5.58. The van der Waals surface area contributed by atoms with Crippen molar-refractivity contribution in [3.63, 3.8) is 0 Å². The topological polar surface area (TPSA) is 56.3 Å². The maximum absolute atomic E-state index is 5.58. The van der Waals surface area contributed by atoms with Crippen molar-refractivity contribution in [3.8, 4) is 0 Å². The first-order valence-electron chi connectivity index (χ1n) is 4.05. The second-order valence-corrected chi connectivity index (χ2v) is 2.91. The summed E-state index contributed by atoms with van der Waals surface area (Å²) in [6.07, 6.45) is -0.299. The van der Waals surface area contributed by atoms with Gasteiger partial charge in [0.15, 0.2) is 11.4 Å². The van der Waals surface area contributed by atoms with E-state index in [2.05, 4.69) is 15.5 Å². The first kappa shape index (κ1) is 11.2. The number of ether oxygens (including phenoxy) is 2. The minimum Gasteiger partial charge on any atom is -0.363 e. The monoisotopic (exact) mass is 217 g/mol. The Morgan fingerprint density at radius 3 is 2.57 bits per heavy atom. The molecule has 0 spiro atoms. The van der Waals surface area contributed by atoms with Crippen molar-refractivity contribution in [1.82, 2.24) is 10.2 Å². The molecule has 0 atom stereocenters. The van der Waals surface area contributed by atoms with Gasteiger partial charge in [-0.3, -0.25) is 0 Å². The van der Waals surface area contributed by atoms with Crippen LogP contribution in [-0.4, -0.2) is 37.3 Å². The van der Waals surface area contributed by atoms with Crippen molar-refractivity contribution in [2.45, 2.75) is 6.29 Å². The Bertz CT molecular complexity index is 264. The third-order valence-electron chi connectivity index (χ3n) is 1.61. The highest BCUT2D eigenvalue weighted by Crippen LogP contribution is 2.06. The maximum atomic E-state index is 5.58. The zero-order valence-electron chi connectivity index (χ0n) is 8.03. The van der Waals surface area contributed by atoms with E-state index in [4.69, 9.17) is 21.1 Å². The highest BCUT2D eigenvalue weighted by atomic mass is 35.5. The van der Waals surface area contributed by atoms with Crippen LogP contribution in [0.2, 0.25) is 5.15 Å². The van der Waals surface area contributed by atoms with E-state index in [1.54, 1.807) is 26.4 Å². The van der Waals surface area contributed by atoms with E-state index < -0.39 is 0 Å². The van der Waals surface area contributed by atoms with E-state index >= 15 is 0 Å². The SMILES string of the molecule is COC(CNc1ccc(Cl)nn1)OC. The van der Waals surface area contributed by atoms with Crippen LogP contribution in [-0.2, 0) is 9.47 Å². The van der Waals surface area contributed by atoms with Gasteiger partial charge in [-0.05, 0) is 12.1 Å². The molecule has 0 fully saturated rings. The van der Waals surface area contributed by atoms with Crippen LogP contribution in [0.25, 0.3) is 0 Å². The van der Waals surface area contributed by atoms with Gasteiger partial charge in [-0.15, -0.1) is 10.2 Å². The van der Waals surface area contributed by atoms with E-state index in [1.807, 2.05) is 0 Å². The largest absolute Gasteiger partial charge is 0.363 e. The van der Waals surface area contributed by atoms with Crippen molar-refractivity contribution in [2.75, 3.05) is 26.1 Å². The minimum absolute atomic E-state index is 0.299. The number of halogens is 1. The molecule has 1 aromatic heterocycles. The first-order chi connectivity index (χ1) is 6.76. The second kappa shape index (κ2) is 5.74. The Balaban J connectivity index is 2.41. The summed E-state index contributed by atoms with van der Waals surface area (Å²) in [5.41, 5.74) is 0. The van der Waals surface area contributed by atoms with Crippen LogP contribution < -0.4 is 5.32 Å². The Hall–Kier alpha value is -0.910. The molecule has 0 saturated heterocycles. The molecular weight excluding hydrogens is 206 g/mol. The quantitative estimate of drug-likeness (QED) is 0.751. The van der Waals surface area contributed by atoms with Gasteiger partial charge in [0, 0.05) is 14.2 Å². The highest BCUT2D eigenvalue weighted by molar-refractivity contribution is 6.29. The molecule has 0 unspecified atom stereocenters. The zero-order valence-corrected chi connectivity index (χ0v) is 8.78. The maximum Gasteiger partial charge on any atom is 0.173 e. The number of aromatic nitrogens is 2. The lowest BCUT2D eigenvalue weighted by Crippen LogP contribution is -2.24. The van der Waals surface area contributed by atoms with Crippen LogP contribution >= 0.6 is 11.6 Å². The summed E-state index contributed by atoms with van der Waals surface area (Å²) in [6.45, 7) is 0.503. The van der Waals surface area contributed by atoms with E-state index in [1.165, 1.54) is 0 Å². The molecule has 0 saturated carbocycles. The Labute approximate surface area is 87.4 Å².